The molecule has 41 heavy (non-hydrogen) atoms. The van der Waals surface area contributed by atoms with Gasteiger partial charge in [0.1, 0.15) is 0 Å². The highest BCUT2D eigenvalue weighted by atomic mass is 15.0. The Kier molecular flexibility index (Phi) is 6.29. The van der Waals surface area contributed by atoms with E-state index in [1.54, 1.807) is 0 Å². The van der Waals surface area contributed by atoms with Gasteiger partial charge in [-0.05, 0) is 51.2 Å². The van der Waals surface area contributed by atoms with E-state index in [-0.39, 0.29) is 0 Å². The average Bonchev–Trinajstić information content (AvgIpc) is 3.04. The highest BCUT2D eigenvalue weighted by Crippen LogP contribution is 2.30. The summed E-state index contributed by atoms with van der Waals surface area (Å²) >= 11 is 0. The number of hydrogen-bond acceptors (Lipinski definition) is 4. The van der Waals surface area contributed by atoms with Crippen LogP contribution in [0.2, 0.25) is 0 Å². The lowest BCUT2D eigenvalue weighted by atomic mass is 10.0. The van der Waals surface area contributed by atoms with Crippen molar-refractivity contribution in [2.45, 2.75) is 19.8 Å². The van der Waals surface area contributed by atoms with Crippen molar-refractivity contribution in [3.63, 3.8) is 0 Å². The number of aromatic nitrogens is 4. The van der Waals surface area contributed by atoms with E-state index in [1.807, 2.05) is 6.20 Å². The third-order valence-electron chi connectivity index (χ3n) is 7.51. The van der Waals surface area contributed by atoms with Gasteiger partial charge in [-0.2, -0.15) is 0 Å². The normalized spacial score (nSPS) is 11.4. The number of benzene rings is 5. The molecule has 2 heterocycles. The Labute approximate surface area is 239 Å². The van der Waals surface area contributed by atoms with Gasteiger partial charge in [0.15, 0.2) is 17.5 Å². The van der Waals surface area contributed by atoms with E-state index in [2.05, 4.69) is 140 Å². The van der Waals surface area contributed by atoms with Crippen LogP contribution in [0.1, 0.15) is 25.5 Å². The molecule has 0 aliphatic carbocycles. The Morgan fingerprint density at radius 2 is 0.854 bits per heavy atom. The molecular formula is C37H28N4. The SMILES string of the molecule is CC(C)c1ccc(-c2ccc(-c3nc(-c4ccc5ccccc5c4)nc(-c4ccc5ccccc5c4)n3)cc2)cn1. The van der Waals surface area contributed by atoms with Crippen LogP contribution in [0.25, 0.3) is 66.8 Å². The molecule has 0 N–H and O–H groups in total. The lowest BCUT2D eigenvalue weighted by molar-refractivity contribution is 0.823. The van der Waals surface area contributed by atoms with Gasteiger partial charge < -0.3 is 0 Å². The van der Waals surface area contributed by atoms with Gasteiger partial charge in [0.25, 0.3) is 0 Å². The Balaban J connectivity index is 1.33. The zero-order valence-corrected chi connectivity index (χ0v) is 23.0. The van der Waals surface area contributed by atoms with E-state index >= 15 is 0 Å². The maximum Gasteiger partial charge on any atom is 0.164 e. The van der Waals surface area contributed by atoms with Crippen LogP contribution >= 0.6 is 0 Å². The highest BCUT2D eigenvalue weighted by molar-refractivity contribution is 5.88. The molecule has 0 amide bonds. The molecule has 0 unspecified atom stereocenters. The smallest absolute Gasteiger partial charge is 0.164 e. The molecule has 0 aliphatic heterocycles. The maximum atomic E-state index is 4.97. The predicted octanol–water partition coefficient (Wildman–Crippen LogP) is 9.36. The van der Waals surface area contributed by atoms with Crippen LogP contribution in [0.4, 0.5) is 0 Å². The van der Waals surface area contributed by atoms with Crippen molar-refractivity contribution in [2.75, 3.05) is 0 Å². The van der Waals surface area contributed by atoms with E-state index in [0.29, 0.717) is 23.4 Å². The van der Waals surface area contributed by atoms with Crippen molar-refractivity contribution in [1.29, 1.82) is 0 Å². The Morgan fingerprint density at radius 3 is 1.34 bits per heavy atom. The highest BCUT2D eigenvalue weighted by Gasteiger charge is 2.14. The molecule has 7 aromatic rings. The monoisotopic (exact) mass is 528 g/mol. The molecule has 0 spiro atoms. The Morgan fingerprint density at radius 1 is 0.415 bits per heavy atom. The van der Waals surface area contributed by atoms with Crippen LogP contribution in [0.15, 0.2) is 128 Å². The van der Waals surface area contributed by atoms with Crippen molar-refractivity contribution in [1.82, 2.24) is 19.9 Å². The molecule has 0 fully saturated rings. The molecular weight excluding hydrogens is 500 g/mol. The lowest BCUT2D eigenvalue weighted by Gasteiger charge is -2.10. The summed E-state index contributed by atoms with van der Waals surface area (Å²) in [5.41, 5.74) is 6.15. The topological polar surface area (TPSA) is 51.6 Å². The van der Waals surface area contributed by atoms with Gasteiger partial charge in [-0.25, -0.2) is 15.0 Å². The van der Waals surface area contributed by atoms with Crippen molar-refractivity contribution >= 4 is 21.5 Å². The van der Waals surface area contributed by atoms with E-state index in [4.69, 9.17) is 15.0 Å². The molecule has 2 aromatic heterocycles. The second-order valence-corrected chi connectivity index (χ2v) is 10.6. The van der Waals surface area contributed by atoms with Crippen molar-refractivity contribution in [2.24, 2.45) is 0 Å². The first kappa shape index (κ1) is 24.8. The van der Waals surface area contributed by atoms with Crippen LogP contribution in [0.5, 0.6) is 0 Å². The number of hydrogen-bond donors (Lipinski definition) is 0. The molecule has 196 valence electrons. The van der Waals surface area contributed by atoms with E-state index in [1.165, 1.54) is 10.8 Å². The molecule has 0 saturated carbocycles. The summed E-state index contributed by atoms with van der Waals surface area (Å²) in [4.78, 5) is 19.5. The lowest BCUT2D eigenvalue weighted by Crippen LogP contribution is -2.00. The fourth-order valence-electron chi connectivity index (χ4n) is 5.15. The quantitative estimate of drug-likeness (QED) is 0.223. The summed E-state index contributed by atoms with van der Waals surface area (Å²) in [7, 11) is 0. The molecule has 0 aliphatic rings. The van der Waals surface area contributed by atoms with E-state index < -0.39 is 0 Å². The molecule has 0 atom stereocenters. The summed E-state index contributed by atoms with van der Waals surface area (Å²) in [5.74, 6) is 2.36. The van der Waals surface area contributed by atoms with Crippen LogP contribution in [-0.4, -0.2) is 19.9 Å². The first-order valence-corrected chi connectivity index (χ1v) is 13.9. The van der Waals surface area contributed by atoms with Gasteiger partial charge in [0.2, 0.25) is 0 Å². The number of pyridine rings is 1. The Bertz CT molecular complexity index is 1910. The minimum absolute atomic E-state index is 0.406. The summed E-state index contributed by atoms with van der Waals surface area (Å²) in [6.45, 7) is 4.31. The van der Waals surface area contributed by atoms with Gasteiger partial charge in [0, 0.05) is 34.1 Å². The van der Waals surface area contributed by atoms with Crippen LogP contribution in [-0.2, 0) is 0 Å². The minimum atomic E-state index is 0.406. The number of nitrogens with zero attached hydrogens (tertiary/aromatic N) is 4. The summed E-state index contributed by atoms with van der Waals surface area (Å²) in [5, 5.41) is 4.68. The number of fused-ring (bicyclic) bond motifs is 2. The van der Waals surface area contributed by atoms with Crippen LogP contribution in [0.3, 0.4) is 0 Å². The molecule has 4 nitrogen and oxygen atoms in total. The zero-order valence-electron chi connectivity index (χ0n) is 23.0. The van der Waals surface area contributed by atoms with Crippen molar-refractivity contribution in [3.8, 4) is 45.3 Å². The van der Waals surface area contributed by atoms with Gasteiger partial charge in [-0.3, -0.25) is 4.98 Å². The van der Waals surface area contributed by atoms with E-state index in [0.717, 1.165) is 44.3 Å². The van der Waals surface area contributed by atoms with Crippen molar-refractivity contribution < 1.29 is 0 Å². The standard InChI is InChI=1S/C37H28N4/c1-24(2)34-20-19-33(23-38-34)27-11-15-28(16-12-27)35-39-36(31-17-13-25-7-3-5-9-29(25)21-31)41-37(40-35)32-18-14-26-8-4-6-10-30(26)22-32/h3-24H,1-2H3. The molecule has 5 aromatic carbocycles. The van der Waals surface area contributed by atoms with Gasteiger partial charge >= 0.3 is 0 Å². The van der Waals surface area contributed by atoms with E-state index in [9.17, 15) is 0 Å². The maximum absolute atomic E-state index is 4.97. The molecule has 0 bridgehead atoms. The molecule has 7 rings (SSSR count). The third-order valence-corrected chi connectivity index (χ3v) is 7.51. The molecule has 4 heteroatoms. The minimum Gasteiger partial charge on any atom is -0.260 e. The molecule has 0 saturated heterocycles. The zero-order chi connectivity index (χ0) is 27.8. The summed E-state index contributed by atoms with van der Waals surface area (Å²) in [6.07, 6.45) is 1.95. The van der Waals surface area contributed by atoms with Crippen molar-refractivity contribution in [3.05, 3.63) is 133 Å². The van der Waals surface area contributed by atoms with Gasteiger partial charge in [-0.15, -0.1) is 0 Å². The summed E-state index contributed by atoms with van der Waals surface area (Å²) in [6, 6.07) is 42.0. The average molecular weight is 529 g/mol. The van der Waals surface area contributed by atoms with Crippen LogP contribution < -0.4 is 0 Å². The largest absolute Gasteiger partial charge is 0.260 e. The first-order valence-electron chi connectivity index (χ1n) is 13.9. The summed E-state index contributed by atoms with van der Waals surface area (Å²) < 4.78 is 0. The fourth-order valence-corrected chi connectivity index (χ4v) is 5.15. The van der Waals surface area contributed by atoms with Gasteiger partial charge in [-0.1, -0.05) is 117 Å². The molecule has 0 radical (unpaired) electrons. The van der Waals surface area contributed by atoms with Gasteiger partial charge in [0.05, 0.1) is 0 Å². The predicted molar refractivity (Wildman–Crippen MR) is 168 cm³/mol. The fraction of sp³-hybridized carbons (Fsp3) is 0.0811. The number of rotatable bonds is 5. The third kappa shape index (κ3) is 4.96. The first-order chi connectivity index (χ1) is 20.1. The second-order valence-electron chi connectivity index (χ2n) is 10.6. The van der Waals surface area contributed by atoms with Crippen LogP contribution in [0, 0.1) is 0 Å². The Hall–Kier alpha value is -5.22. The second kappa shape index (κ2) is 10.4.